The Labute approximate surface area is 99.2 Å². The minimum atomic E-state index is -0.0651. The zero-order valence-corrected chi connectivity index (χ0v) is 9.90. The number of benzene rings is 1. The van der Waals surface area contributed by atoms with E-state index < -0.39 is 0 Å². The van der Waals surface area contributed by atoms with Crippen molar-refractivity contribution in [3.05, 3.63) is 29.3 Å². The number of halogens is 1. The first-order chi connectivity index (χ1) is 7.09. The molecule has 0 unspecified atom stereocenters. The number of hydrogen-bond acceptors (Lipinski definition) is 3. The maximum Gasteiger partial charge on any atom is 0.166 e. The first kappa shape index (κ1) is 12.1. The lowest BCUT2D eigenvalue weighted by molar-refractivity contribution is -0.111. The number of carbonyl (C=O) groups is 1. The van der Waals surface area contributed by atoms with Crippen LogP contribution in [0.2, 0.25) is 5.02 Å². The number of ether oxygens (including phenoxy) is 1. The topological polar surface area (TPSA) is 26.3 Å². The minimum absolute atomic E-state index is 0.0651. The molecule has 4 heteroatoms. The van der Waals surface area contributed by atoms with Gasteiger partial charge in [0.05, 0.1) is 11.5 Å². The van der Waals surface area contributed by atoms with E-state index in [2.05, 4.69) is 0 Å². The molecule has 0 radical (unpaired) electrons. The van der Waals surface area contributed by atoms with Gasteiger partial charge in [-0.15, -0.1) is 0 Å². The van der Waals surface area contributed by atoms with Crippen LogP contribution in [-0.2, 0) is 4.79 Å². The van der Waals surface area contributed by atoms with Crippen molar-refractivity contribution >= 4 is 34.5 Å². The number of ketones is 1. The Morgan fingerprint density at radius 2 is 2.00 bits per heavy atom. The van der Waals surface area contributed by atoms with Gasteiger partial charge < -0.3 is 4.74 Å². The van der Waals surface area contributed by atoms with E-state index >= 15 is 0 Å². The highest BCUT2D eigenvalue weighted by atomic mass is 35.5. The Balaban J connectivity index is 2.35. The molecule has 0 bridgehead atoms. The SMILES string of the molecule is CC(=O)C(=S)CCOc1ccc(Cl)cc1. The van der Waals surface area contributed by atoms with Crippen molar-refractivity contribution in [3.8, 4) is 5.75 Å². The summed E-state index contributed by atoms with van der Waals surface area (Å²) in [4.78, 5) is 11.2. The Morgan fingerprint density at radius 1 is 1.40 bits per heavy atom. The maximum atomic E-state index is 10.8. The molecule has 0 heterocycles. The van der Waals surface area contributed by atoms with Crippen LogP contribution in [0.25, 0.3) is 0 Å². The predicted molar refractivity (Wildman–Crippen MR) is 64.8 cm³/mol. The highest BCUT2D eigenvalue weighted by molar-refractivity contribution is 7.82. The maximum absolute atomic E-state index is 10.8. The van der Waals surface area contributed by atoms with Crippen molar-refractivity contribution in [2.45, 2.75) is 13.3 Å². The summed E-state index contributed by atoms with van der Waals surface area (Å²) >= 11 is 10.6. The second-order valence-corrected chi connectivity index (χ2v) is 3.96. The Kier molecular flexibility index (Phi) is 4.72. The van der Waals surface area contributed by atoms with Gasteiger partial charge in [0.25, 0.3) is 0 Å². The van der Waals surface area contributed by atoms with E-state index in [4.69, 9.17) is 28.6 Å². The fourth-order valence-corrected chi connectivity index (χ4v) is 1.18. The third-order valence-electron chi connectivity index (χ3n) is 1.80. The van der Waals surface area contributed by atoms with Gasteiger partial charge in [0.1, 0.15) is 5.75 Å². The van der Waals surface area contributed by atoms with Gasteiger partial charge in [0.2, 0.25) is 0 Å². The molecule has 0 spiro atoms. The largest absolute Gasteiger partial charge is 0.493 e. The van der Waals surface area contributed by atoms with Crippen LogP contribution in [0, 0.1) is 0 Å². The fraction of sp³-hybridized carbons (Fsp3) is 0.273. The number of carbonyl (C=O) groups excluding carboxylic acids is 1. The zero-order chi connectivity index (χ0) is 11.3. The first-order valence-electron chi connectivity index (χ1n) is 4.51. The molecule has 0 fully saturated rings. The van der Waals surface area contributed by atoms with Crippen molar-refractivity contribution in [2.24, 2.45) is 0 Å². The lowest BCUT2D eigenvalue weighted by Gasteiger charge is -2.05. The quantitative estimate of drug-likeness (QED) is 0.743. The summed E-state index contributed by atoms with van der Waals surface area (Å²) in [5.41, 5.74) is 0. The molecule has 0 amide bonds. The van der Waals surface area contributed by atoms with Crippen molar-refractivity contribution < 1.29 is 9.53 Å². The molecule has 0 saturated carbocycles. The number of rotatable bonds is 5. The van der Waals surface area contributed by atoms with Gasteiger partial charge in [0, 0.05) is 11.4 Å². The van der Waals surface area contributed by atoms with Crippen molar-refractivity contribution in [2.75, 3.05) is 6.61 Å². The van der Waals surface area contributed by atoms with Gasteiger partial charge in [-0.05, 0) is 31.2 Å². The van der Waals surface area contributed by atoms with Gasteiger partial charge in [-0.1, -0.05) is 23.8 Å². The van der Waals surface area contributed by atoms with Crippen LogP contribution in [-0.4, -0.2) is 17.3 Å². The van der Waals surface area contributed by atoms with Gasteiger partial charge in [-0.3, -0.25) is 4.79 Å². The van der Waals surface area contributed by atoms with Crippen molar-refractivity contribution in [3.63, 3.8) is 0 Å². The summed E-state index contributed by atoms with van der Waals surface area (Å²) in [6.07, 6.45) is 0.479. The van der Waals surface area contributed by atoms with E-state index in [1.807, 2.05) is 0 Å². The smallest absolute Gasteiger partial charge is 0.166 e. The molecule has 0 aromatic heterocycles. The highest BCUT2D eigenvalue weighted by Gasteiger charge is 2.02. The van der Waals surface area contributed by atoms with Gasteiger partial charge in [-0.25, -0.2) is 0 Å². The van der Waals surface area contributed by atoms with Crippen LogP contribution in [0.1, 0.15) is 13.3 Å². The number of thiocarbonyl (C=S) groups is 1. The van der Waals surface area contributed by atoms with Crippen LogP contribution < -0.4 is 4.74 Å². The Morgan fingerprint density at radius 3 is 2.53 bits per heavy atom. The molecule has 0 aliphatic rings. The normalized spacial score (nSPS) is 9.73. The molecule has 0 aliphatic heterocycles. The molecule has 0 N–H and O–H groups in total. The fourth-order valence-electron chi connectivity index (χ4n) is 0.968. The standard InChI is InChI=1S/C11H11ClO2S/c1-8(13)11(15)6-7-14-10-4-2-9(12)3-5-10/h2-5H,6-7H2,1H3. The van der Waals surface area contributed by atoms with Gasteiger partial charge in [-0.2, -0.15) is 0 Å². The van der Waals surface area contributed by atoms with Crippen LogP contribution in [0.4, 0.5) is 0 Å². The highest BCUT2D eigenvalue weighted by Crippen LogP contribution is 2.15. The Hall–Kier alpha value is -0.930. The summed E-state index contributed by atoms with van der Waals surface area (Å²) in [5.74, 6) is 0.662. The molecular weight excluding hydrogens is 232 g/mol. The molecular formula is C11H11ClO2S. The van der Waals surface area contributed by atoms with E-state index in [1.165, 1.54) is 6.92 Å². The molecule has 1 aromatic rings. The third kappa shape index (κ3) is 4.40. The molecule has 1 rings (SSSR count). The van der Waals surface area contributed by atoms with E-state index in [0.717, 1.165) is 5.75 Å². The average molecular weight is 243 g/mol. The van der Waals surface area contributed by atoms with Crippen LogP contribution in [0.5, 0.6) is 5.75 Å². The molecule has 2 nitrogen and oxygen atoms in total. The first-order valence-corrected chi connectivity index (χ1v) is 5.30. The molecule has 0 atom stereocenters. The summed E-state index contributed by atoms with van der Waals surface area (Å²) in [6, 6.07) is 7.05. The molecule has 80 valence electrons. The average Bonchev–Trinajstić information content (AvgIpc) is 2.20. The summed E-state index contributed by atoms with van der Waals surface area (Å²) in [6.45, 7) is 1.88. The second-order valence-electron chi connectivity index (χ2n) is 3.03. The van der Waals surface area contributed by atoms with Crippen LogP contribution in [0.15, 0.2) is 24.3 Å². The van der Waals surface area contributed by atoms with Gasteiger partial charge in [0.15, 0.2) is 5.78 Å². The van der Waals surface area contributed by atoms with E-state index in [0.29, 0.717) is 22.9 Å². The number of Topliss-reactive ketones (excluding diaryl/α,β-unsaturated/α-hetero) is 1. The Bertz CT molecular complexity index is 359. The minimum Gasteiger partial charge on any atom is -0.493 e. The van der Waals surface area contributed by atoms with Gasteiger partial charge >= 0.3 is 0 Å². The summed E-state index contributed by atoms with van der Waals surface area (Å²) < 4.78 is 5.38. The molecule has 0 saturated heterocycles. The molecule has 0 aliphatic carbocycles. The van der Waals surface area contributed by atoms with Crippen molar-refractivity contribution in [1.29, 1.82) is 0 Å². The molecule has 15 heavy (non-hydrogen) atoms. The van der Waals surface area contributed by atoms with E-state index in [1.54, 1.807) is 24.3 Å². The van der Waals surface area contributed by atoms with Crippen LogP contribution in [0.3, 0.4) is 0 Å². The number of hydrogen-bond donors (Lipinski definition) is 0. The van der Waals surface area contributed by atoms with E-state index in [-0.39, 0.29) is 5.78 Å². The lowest BCUT2D eigenvalue weighted by Crippen LogP contribution is -2.11. The zero-order valence-electron chi connectivity index (χ0n) is 8.33. The third-order valence-corrected chi connectivity index (χ3v) is 2.55. The van der Waals surface area contributed by atoms with Crippen molar-refractivity contribution in [1.82, 2.24) is 0 Å². The predicted octanol–water partition coefficient (Wildman–Crippen LogP) is 3.07. The summed E-state index contributed by atoms with van der Waals surface area (Å²) in [5, 5.41) is 0.668. The van der Waals surface area contributed by atoms with E-state index in [9.17, 15) is 4.79 Å². The molecule has 1 aromatic carbocycles. The lowest BCUT2D eigenvalue weighted by atomic mass is 10.2. The van der Waals surface area contributed by atoms with Crippen LogP contribution >= 0.6 is 23.8 Å². The second kappa shape index (κ2) is 5.83. The summed E-state index contributed by atoms with van der Waals surface area (Å²) in [7, 11) is 0. The monoisotopic (exact) mass is 242 g/mol.